The van der Waals surface area contributed by atoms with Crippen LogP contribution in [0.25, 0.3) is 0 Å². The fourth-order valence-electron chi connectivity index (χ4n) is 3.72. The zero-order valence-electron chi connectivity index (χ0n) is 11.5. The van der Waals surface area contributed by atoms with Crippen molar-refractivity contribution in [3.05, 3.63) is 28.2 Å². The van der Waals surface area contributed by atoms with Gasteiger partial charge < -0.3 is 9.84 Å². The molecule has 1 N–H and O–H groups in total. The number of benzene rings is 1. The van der Waals surface area contributed by atoms with Crippen LogP contribution in [0.15, 0.2) is 22.7 Å². The van der Waals surface area contributed by atoms with E-state index in [-0.39, 0.29) is 5.60 Å². The summed E-state index contributed by atoms with van der Waals surface area (Å²) in [5, 5.41) is 10.5. The van der Waals surface area contributed by atoms with E-state index in [9.17, 15) is 5.11 Å². The highest BCUT2D eigenvalue weighted by atomic mass is 79.9. The first-order chi connectivity index (χ1) is 9.02. The Morgan fingerprint density at radius 2 is 2.16 bits per heavy atom. The van der Waals surface area contributed by atoms with Crippen LogP contribution in [0.3, 0.4) is 0 Å². The minimum absolute atomic E-state index is 0.169. The standard InChI is InChI=1S/C16H21BrO2/c1-10-4-3-7-16(11(10)2)9-14(18)13-8-12(17)5-6-15(13)19-16/h5-6,8,10-11,14,18H,3-4,7,9H2,1-2H3. The molecule has 0 bridgehead atoms. The number of hydrogen-bond acceptors (Lipinski definition) is 2. The molecule has 0 amide bonds. The predicted molar refractivity (Wildman–Crippen MR) is 79.3 cm³/mol. The van der Waals surface area contributed by atoms with E-state index in [2.05, 4.69) is 29.8 Å². The Morgan fingerprint density at radius 3 is 2.95 bits per heavy atom. The quantitative estimate of drug-likeness (QED) is 0.763. The SMILES string of the molecule is CC1CCCC2(CC(O)c3cc(Br)ccc3O2)C1C. The Hall–Kier alpha value is -0.540. The van der Waals surface area contributed by atoms with Crippen LogP contribution in [0.5, 0.6) is 5.75 Å². The van der Waals surface area contributed by atoms with Crippen molar-refractivity contribution >= 4 is 15.9 Å². The minimum atomic E-state index is -0.408. The summed E-state index contributed by atoms with van der Waals surface area (Å²) in [7, 11) is 0. The van der Waals surface area contributed by atoms with Gasteiger partial charge in [-0.2, -0.15) is 0 Å². The summed E-state index contributed by atoms with van der Waals surface area (Å²) in [6.07, 6.45) is 3.85. The van der Waals surface area contributed by atoms with Gasteiger partial charge in [0.15, 0.2) is 0 Å². The Balaban J connectivity index is 1.98. The Bertz CT molecular complexity index is 488. The lowest BCUT2D eigenvalue weighted by atomic mass is 9.67. The van der Waals surface area contributed by atoms with Crippen LogP contribution >= 0.6 is 15.9 Å². The van der Waals surface area contributed by atoms with Gasteiger partial charge in [-0.25, -0.2) is 0 Å². The van der Waals surface area contributed by atoms with Crippen molar-refractivity contribution in [3.8, 4) is 5.75 Å². The van der Waals surface area contributed by atoms with E-state index in [0.717, 1.165) is 28.6 Å². The summed E-state index contributed by atoms with van der Waals surface area (Å²) in [5.41, 5.74) is 0.753. The summed E-state index contributed by atoms with van der Waals surface area (Å²) >= 11 is 3.46. The number of fused-ring (bicyclic) bond motifs is 1. The average molecular weight is 325 g/mol. The molecule has 4 unspecified atom stereocenters. The monoisotopic (exact) mass is 324 g/mol. The molecule has 19 heavy (non-hydrogen) atoms. The molecule has 0 radical (unpaired) electrons. The predicted octanol–water partition coefficient (Wildman–Crippen LogP) is 4.46. The molecule has 2 nitrogen and oxygen atoms in total. The summed E-state index contributed by atoms with van der Waals surface area (Å²) in [4.78, 5) is 0. The molecule has 1 aliphatic carbocycles. The van der Waals surface area contributed by atoms with Gasteiger partial charge in [0.1, 0.15) is 11.4 Å². The molecule has 0 saturated heterocycles. The molecule has 1 fully saturated rings. The fraction of sp³-hybridized carbons (Fsp3) is 0.625. The van der Waals surface area contributed by atoms with Crippen LogP contribution in [0.2, 0.25) is 0 Å². The highest BCUT2D eigenvalue weighted by Gasteiger charge is 2.48. The normalized spacial score (nSPS) is 37.8. The number of rotatable bonds is 0. The van der Waals surface area contributed by atoms with Gasteiger partial charge in [0.25, 0.3) is 0 Å². The maximum absolute atomic E-state index is 10.5. The van der Waals surface area contributed by atoms with Gasteiger partial charge in [-0.05, 0) is 42.9 Å². The lowest BCUT2D eigenvalue weighted by Crippen LogP contribution is -2.50. The van der Waals surface area contributed by atoms with Crippen molar-refractivity contribution in [1.29, 1.82) is 0 Å². The molecule has 2 aliphatic rings. The zero-order chi connectivity index (χ0) is 13.6. The van der Waals surface area contributed by atoms with E-state index in [1.165, 1.54) is 12.8 Å². The average Bonchev–Trinajstić information content (AvgIpc) is 2.37. The van der Waals surface area contributed by atoms with Gasteiger partial charge in [0, 0.05) is 16.5 Å². The van der Waals surface area contributed by atoms with E-state index < -0.39 is 6.10 Å². The topological polar surface area (TPSA) is 29.5 Å². The van der Waals surface area contributed by atoms with Crippen molar-refractivity contribution in [2.45, 2.75) is 51.2 Å². The highest BCUT2D eigenvalue weighted by molar-refractivity contribution is 9.10. The number of hydrogen-bond donors (Lipinski definition) is 1. The van der Waals surface area contributed by atoms with E-state index in [0.29, 0.717) is 11.8 Å². The molecule has 1 aromatic carbocycles. The Kier molecular flexibility index (Phi) is 3.38. The summed E-state index contributed by atoms with van der Waals surface area (Å²) in [6.45, 7) is 4.58. The Morgan fingerprint density at radius 1 is 1.37 bits per heavy atom. The molecule has 1 aromatic rings. The van der Waals surface area contributed by atoms with Crippen LogP contribution in [0, 0.1) is 11.8 Å². The molecule has 1 aliphatic heterocycles. The number of halogens is 1. The lowest BCUT2D eigenvalue weighted by Gasteiger charge is -2.49. The van der Waals surface area contributed by atoms with E-state index in [1.54, 1.807) is 0 Å². The highest BCUT2D eigenvalue weighted by Crippen LogP contribution is 2.50. The van der Waals surface area contributed by atoms with Crippen molar-refractivity contribution in [3.63, 3.8) is 0 Å². The molecule has 4 atom stereocenters. The van der Waals surface area contributed by atoms with Gasteiger partial charge in [-0.15, -0.1) is 0 Å². The third-order valence-electron chi connectivity index (χ3n) is 5.13. The number of aliphatic hydroxyl groups is 1. The molecular formula is C16H21BrO2. The maximum Gasteiger partial charge on any atom is 0.126 e. The molecule has 1 heterocycles. The Labute approximate surface area is 123 Å². The summed E-state index contributed by atoms with van der Waals surface area (Å²) in [6, 6.07) is 5.95. The first-order valence-electron chi connectivity index (χ1n) is 7.18. The number of aliphatic hydroxyl groups excluding tert-OH is 1. The van der Waals surface area contributed by atoms with Crippen LogP contribution in [-0.2, 0) is 0 Å². The van der Waals surface area contributed by atoms with E-state index in [1.807, 2.05) is 18.2 Å². The third-order valence-corrected chi connectivity index (χ3v) is 5.62. The van der Waals surface area contributed by atoms with Crippen molar-refractivity contribution in [1.82, 2.24) is 0 Å². The summed E-state index contributed by atoms with van der Waals surface area (Å²) < 4.78 is 7.38. The van der Waals surface area contributed by atoms with Crippen molar-refractivity contribution in [2.75, 3.05) is 0 Å². The van der Waals surface area contributed by atoms with Gasteiger partial charge in [0.2, 0.25) is 0 Å². The second kappa shape index (κ2) is 4.78. The van der Waals surface area contributed by atoms with Gasteiger partial charge >= 0.3 is 0 Å². The van der Waals surface area contributed by atoms with Crippen molar-refractivity contribution < 1.29 is 9.84 Å². The lowest BCUT2D eigenvalue weighted by molar-refractivity contribution is -0.0879. The van der Waals surface area contributed by atoms with Crippen LogP contribution in [-0.4, -0.2) is 10.7 Å². The first-order valence-corrected chi connectivity index (χ1v) is 7.98. The zero-order valence-corrected chi connectivity index (χ0v) is 13.1. The maximum atomic E-state index is 10.5. The van der Waals surface area contributed by atoms with Crippen LogP contribution in [0.4, 0.5) is 0 Å². The van der Waals surface area contributed by atoms with E-state index >= 15 is 0 Å². The first kappa shape index (κ1) is 13.4. The van der Waals surface area contributed by atoms with E-state index in [4.69, 9.17) is 4.74 Å². The van der Waals surface area contributed by atoms with Gasteiger partial charge in [-0.1, -0.05) is 36.2 Å². The molecule has 1 spiro atoms. The van der Waals surface area contributed by atoms with Gasteiger partial charge in [0.05, 0.1) is 6.10 Å². The smallest absolute Gasteiger partial charge is 0.126 e. The molecule has 104 valence electrons. The largest absolute Gasteiger partial charge is 0.486 e. The molecular weight excluding hydrogens is 304 g/mol. The number of ether oxygens (including phenoxy) is 1. The van der Waals surface area contributed by atoms with Gasteiger partial charge in [-0.3, -0.25) is 0 Å². The second-order valence-electron chi connectivity index (χ2n) is 6.23. The van der Waals surface area contributed by atoms with Crippen LogP contribution < -0.4 is 4.74 Å². The fourth-order valence-corrected chi connectivity index (χ4v) is 4.10. The third kappa shape index (κ3) is 2.21. The molecule has 1 saturated carbocycles. The van der Waals surface area contributed by atoms with Crippen LogP contribution in [0.1, 0.15) is 51.2 Å². The minimum Gasteiger partial charge on any atom is -0.486 e. The molecule has 3 heteroatoms. The second-order valence-corrected chi connectivity index (χ2v) is 7.14. The van der Waals surface area contributed by atoms with Crippen molar-refractivity contribution in [2.24, 2.45) is 11.8 Å². The molecule has 0 aromatic heterocycles. The summed E-state index contributed by atoms with van der Waals surface area (Å²) in [5.74, 6) is 2.02. The molecule has 3 rings (SSSR count).